The molecule has 2 heteroatoms. The van der Waals surface area contributed by atoms with Crippen LogP contribution < -0.4 is 0 Å². The quantitative estimate of drug-likeness (QED) is 0.879. The zero-order chi connectivity index (χ0) is 13.1. The van der Waals surface area contributed by atoms with Gasteiger partial charge in [0, 0.05) is 13.0 Å². The van der Waals surface area contributed by atoms with Crippen LogP contribution in [0.2, 0.25) is 0 Å². The van der Waals surface area contributed by atoms with Crippen molar-refractivity contribution < 1.29 is 5.11 Å². The van der Waals surface area contributed by atoms with E-state index in [0.717, 1.165) is 25.7 Å². The Labute approximate surface area is 116 Å². The lowest BCUT2D eigenvalue weighted by Gasteiger charge is -2.26. The molecule has 104 valence electrons. The minimum atomic E-state index is -0.366. The van der Waals surface area contributed by atoms with E-state index in [1.54, 1.807) is 0 Å². The first-order chi connectivity index (χ1) is 9.23. The van der Waals surface area contributed by atoms with Crippen molar-refractivity contribution in [2.45, 2.75) is 50.5 Å². The third kappa shape index (κ3) is 3.80. The maximum Gasteiger partial charge on any atom is 0.0690 e. The largest absolute Gasteiger partial charge is 0.390 e. The van der Waals surface area contributed by atoms with E-state index >= 15 is 0 Å². The molecule has 2 nitrogen and oxygen atoms in total. The van der Waals surface area contributed by atoms with Gasteiger partial charge in [0.2, 0.25) is 0 Å². The zero-order valence-corrected chi connectivity index (χ0v) is 11.8. The summed E-state index contributed by atoms with van der Waals surface area (Å²) >= 11 is 0. The van der Waals surface area contributed by atoms with Crippen LogP contribution >= 0.6 is 0 Å². The van der Waals surface area contributed by atoms with Crippen molar-refractivity contribution >= 4 is 0 Å². The summed E-state index contributed by atoms with van der Waals surface area (Å²) in [6, 6.07) is 8.87. The van der Waals surface area contributed by atoms with Crippen LogP contribution in [-0.2, 0) is 12.8 Å². The molecule has 1 aromatic rings. The maximum atomic E-state index is 9.92. The highest BCUT2D eigenvalue weighted by atomic mass is 16.3. The van der Waals surface area contributed by atoms with E-state index in [1.165, 1.54) is 50.0 Å². The topological polar surface area (TPSA) is 23.5 Å². The Morgan fingerprint density at radius 2 is 1.58 bits per heavy atom. The number of hydrogen-bond donors (Lipinski definition) is 1. The number of likely N-dealkylation sites (tertiary alicyclic amines) is 1. The molecule has 0 atom stereocenters. The van der Waals surface area contributed by atoms with E-state index in [4.69, 9.17) is 0 Å². The maximum absolute atomic E-state index is 9.92. The van der Waals surface area contributed by atoms with Crippen LogP contribution in [0.15, 0.2) is 24.3 Å². The van der Waals surface area contributed by atoms with Gasteiger partial charge in [0.15, 0.2) is 0 Å². The zero-order valence-electron chi connectivity index (χ0n) is 11.8. The molecular formula is C17H25NO. The van der Waals surface area contributed by atoms with Gasteiger partial charge < -0.3 is 10.0 Å². The summed E-state index contributed by atoms with van der Waals surface area (Å²) in [6.45, 7) is 3.76. The Morgan fingerprint density at radius 3 is 2.21 bits per heavy atom. The lowest BCUT2D eigenvalue weighted by Crippen LogP contribution is -2.31. The van der Waals surface area contributed by atoms with Gasteiger partial charge in [0.1, 0.15) is 0 Å². The van der Waals surface area contributed by atoms with E-state index in [1.807, 2.05) is 0 Å². The summed E-state index contributed by atoms with van der Waals surface area (Å²) in [5, 5.41) is 9.92. The van der Waals surface area contributed by atoms with Gasteiger partial charge in [-0.3, -0.25) is 0 Å². The smallest absolute Gasteiger partial charge is 0.0690 e. The highest BCUT2D eigenvalue weighted by molar-refractivity contribution is 5.25. The summed E-state index contributed by atoms with van der Waals surface area (Å²) in [5.74, 6) is 0. The fraction of sp³-hybridized carbons (Fsp3) is 0.647. The first-order valence-electron chi connectivity index (χ1n) is 7.76. The van der Waals surface area contributed by atoms with E-state index in [0.29, 0.717) is 0 Å². The molecule has 0 spiro atoms. The van der Waals surface area contributed by atoms with E-state index < -0.39 is 0 Å². The second-order valence-corrected chi connectivity index (χ2v) is 6.37. The second kappa shape index (κ2) is 5.64. The molecule has 1 aliphatic carbocycles. The van der Waals surface area contributed by atoms with Gasteiger partial charge >= 0.3 is 0 Å². The van der Waals surface area contributed by atoms with Gasteiger partial charge in [-0.1, -0.05) is 30.7 Å². The Morgan fingerprint density at radius 1 is 0.947 bits per heavy atom. The number of benzene rings is 1. The normalized spacial score (nSPS) is 22.4. The Balaban J connectivity index is 1.48. The predicted octanol–water partition coefficient (Wildman–Crippen LogP) is 2.78. The summed E-state index contributed by atoms with van der Waals surface area (Å²) < 4.78 is 0. The number of rotatable bonds is 5. The highest BCUT2D eigenvalue weighted by Gasteiger charge is 2.39. The average molecular weight is 259 g/mol. The number of nitrogens with zero attached hydrogens (tertiary/aromatic N) is 1. The molecule has 0 bridgehead atoms. The molecule has 3 rings (SSSR count). The standard InChI is InChI=1S/C17H25NO/c19-17(9-10-17)14-16-6-4-15(5-7-16)8-13-18-11-2-1-3-12-18/h4-7,19H,1-3,8-14H2. The molecule has 1 heterocycles. The summed E-state index contributed by atoms with van der Waals surface area (Å²) in [5.41, 5.74) is 2.34. The molecule has 1 saturated heterocycles. The monoisotopic (exact) mass is 259 g/mol. The van der Waals surface area contributed by atoms with Gasteiger partial charge in [-0.15, -0.1) is 0 Å². The molecular weight excluding hydrogens is 234 g/mol. The average Bonchev–Trinajstić information content (AvgIpc) is 3.17. The molecule has 1 aromatic carbocycles. The van der Waals surface area contributed by atoms with Crippen LogP contribution in [0.5, 0.6) is 0 Å². The van der Waals surface area contributed by atoms with Crippen molar-refractivity contribution in [1.82, 2.24) is 4.90 Å². The molecule has 0 aromatic heterocycles. The van der Waals surface area contributed by atoms with Gasteiger partial charge in [0.05, 0.1) is 5.60 Å². The van der Waals surface area contributed by atoms with Gasteiger partial charge in [0.25, 0.3) is 0 Å². The van der Waals surface area contributed by atoms with Crippen LogP contribution in [0.25, 0.3) is 0 Å². The molecule has 0 unspecified atom stereocenters. The van der Waals surface area contributed by atoms with Gasteiger partial charge in [-0.25, -0.2) is 0 Å². The third-order valence-corrected chi connectivity index (χ3v) is 4.55. The summed E-state index contributed by atoms with van der Waals surface area (Å²) in [7, 11) is 0. The fourth-order valence-electron chi connectivity index (χ4n) is 3.00. The molecule has 2 fully saturated rings. The minimum absolute atomic E-state index is 0.366. The highest BCUT2D eigenvalue weighted by Crippen LogP contribution is 2.38. The molecule has 0 radical (unpaired) electrons. The first kappa shape index (κ1) is 13.1. The second-order valence-electron chi connectivity index (χ2n) is 6.37. The fourth-order valence-corrected chi connectivity index (χ4v) is 3.00. The number of hydrogen-bond acceptors (Lipinski definition) is 2. The van der Waals surface area contributed by atoms with Crippen molar-refractivity contribution in [2.24, 2.45) is 0 Å². The number of aliphatic hydroxyl groups is 1. The molecule has 1 N–H and O–H groups in total. The van der Waals surface area contributed by atoms with Crippen LogP contribution in [0.3, 0.4) is 0 Å². The number of piperidine rings is 1. The Bertz CT molecular complexity index is 402. The van der Waals surface area contributed by atoms with Crippen molar-refractivity contribution in [3.05, 3.63) is 35.4 Å². The predicted molar refractivity (Wildman–Crippen MR) is 78.3 cm³/mol. The van der Waals surface area contributed by atoms with Crippen LogP contribution in [0.1, 0.15) is 43.2 Å². The third-order valence-electron chi connectivity index (χ3n) is 4.55. The summed E-state index contributed by atoms with van der Waals surface area (Å²) in [4.78, 5) is 2.59. The van der Waals surface area contributed by atoms with Crippen molar-refractivity contribution in [3.8, 4) is 0 Å². The molecule has 0 amide bonds. The molecule has 2 aliphatic rings. The molecule has 1 aliphatic heterocycles. The SMILES string of the molecule is OC1(Cc2ccc(CCN3CCCCC3)cc2)CC1. The Kier molecular flexibility index (Phi) is 3.90. The summed E-state index contributed by atoms with van der Waals surface area (Å²) in [6.07, 6.45) is 8.10. The van der Waals surface area contributed by atoms with Gasteiger partial charge in [-0.05, 0) is 56.3 Å². The lowest BCUT2D eigenvalue weighted by molar-refractivity contribution is 0.151. The van der Waals surface area contributed by atoms with E-state index in [-0.39, 0.29) is 5.60 Å². The minimum Gasteiger partial charge on any atom is -0.390 e. The van der Waals surface area contributed by atoms with Crippen LogP contribution in [0.4, 0.5) is 0 Å². The van der Waals surface area contributed by atoms with Crippen LogP contribution in [-0.4, -0.2) is 35.2 Å². The Hall–Kier alpha value is -0.860. The van der Waals surface area contributed by atoms with Crippen LogP contribution in [0, 0.1) is 0 Å². The van der Waals surface area contributed by atoms with Crippen molar-refractivity contribution in [1.29, 1.82) is 0 Å². The van der Waals surface area contributed by atoms with E-state index in [2.05, 4.69) is 29.2 Å². The first-order valence-corrected chi connectivity index (χ1v) is 7.76. The van der Waals surface area contributed by atoms with Crippen molar-refractivity contribution in [2.75, 3.05) is 19.6 Å². The molecule has 19 heavy (non-hydrogen) atoms. The van der Waals surface area contributed by atoms with E-state index in [9.17, 15) is 5.11 Å². The van der Waals surface area contributed by atoms with Gasteiger partial charge in [-0.2, -0.15) is 0 Å². The molecule has 1 saturated carbocycles. The lowest BCUT2D eigenvalue weighted by atomic mass is 10.0. The van der Waals surface area contributed by atoms with Crippen molar-refractivity contribution in [3.63, 3.8) is 0 Å².